The van der Waals surface area contributed by atoms with Gasteiger partial charge in [-0.3, -0.25) is 0 Å². The number of ether oxygens (including phenoxy) is 3. The van der Waals surface area contributed by atoms with Crippen molar-refractivity contribution in [1.29, 1.82) is 0 Å². The summed E-state index contributed by atoms with van der Waals surface area (Å²) in [6.45, 7) is 2.10. The number of hydrogen-bond donors (Lipinski definition) is 7. The Bertz CT molecular complexity index is 837. The Morgan fingerprint density at radius 1 is 1.03 bits per heavy atom. The number of benzene rings is 1. The smallest absolute Gasteiger partial charge is 0.249 e. The fourth-order valence-electron chi connectivity index (χ4n) is 5.27. The van der Waals surface area contributed by atoms with Crippen LogP contribution in [-0.4, -0.2) is 101 Å². The lowest BCUT2D eigenvalue weighted by atomic mass is 9.77. The van der Waals surface area contributed by atoms with E-state index in [1.165, 1.54) is 0 Å². The quantitative estimate of drug-likeness (QED) is 0.258. The van der Waals surface area contributed by atoms with E-state index in [9.17, 15) is 20.4 Å². The van der Waals surface area contributed by atoms with Crippen LogP contribution in [0.15, 0.2) is 24.3 Å². The molecular weight excluding hydrogens is 454 g/mol. The first-order valence-electron chi connectivity index (χ1n) is 11.2. The maximum Gasteiger partial charge on any atom is 0.249 e. The molecule has 1 saturated carbocycles. The number of likely N-dealkylation sites (N-methyl/N-ethyl adjacent to an activating group) is 2. The van der Waals surface area contributed by atoms with Crippen molar-refractivity contribution < 1.29 is 34.6 Å². The molecule has 0 spiro atoms. The van der Waals surface area contributed by atoms with Crippen LogP contribution in [0.3, 0.4) is 0 Å². The van der Waals surface area contributed by atoms with Gasteiger partial charge in [0.05, 0.1) is 24.3 Å². The Morgan fingerprint density at radius 3 is 2.39 bits per heavy atom. The van der Waals surface area contributed by atoms with E-state index in [1.807, 2.05) is 18.2 Å². The van der Waals surface area contributed by atoms with E-state index in [2.05, 4.69) is 16.0 Å². The van der Waals surface area contributed by atoms with Gasteiger partial charge in [-0.15, -0.1) is 0 Å². The average Bonchev–Trinajstić information content (AvgIpc) is 2.76. The Kier molecular flexibility index (Phi) is 7.36. The number of nitrogens with one attached hydrogen (secondary N) is 3. The van der Waals surface area contributed by atoms with Crippen LogP contribution in [0, 0.1) is 0 Å². The molecule has 11 heteroatoms. The SMILES string of the molecule is CN[C@@H]1[C@H](O)[C@H](NC)[C@H]2O[C@]3(O)[C@H](O[C@@H]2[C@H]1O)O[C@H](C)C[C@@]3(O)CNCc1ccccc1Cl. The topological polar surface area (TPSA) is 145 Å². The number of aliphatic hydroxyl groups is 4. The van der Waals surface area contributed by atoms with Gasteiger partial charge in [-0.1, -0.05) is 29.8 Å². The molecule has 1 aliphatic carbocycles. The minimum Gasteiger partial charge on any atom is -0.390 e. The monoisotopic (exact) mass is 487 g/mol. The van der Waals surface area contributed by atoms with Crippen LogP contribution >= 0.6 is 11.6 Å². The number of fused-ring (bicyclic) bond motifs is 2. The lowest BCUT2D eigenvalue weighted by molar-refractivity contribution is -0.482. The summed E-state index contributed by atoms with van der Waals surface area (Å²) < 4.78 is 17.9. The molecule has 0 unspecified atom stereocenters. The second-order valence-corrected chi connectivity index (χ2v) is 9.61. The molecule has 7 N–H and O–H groups in total. The van der Waals surface area contributed by atoms with E-state index in [1.54, 1.807) is 27.1 Å². The standard InChI is InChI=1S/C22H34ClN3O7/c1-11-8-21(29,10-26-9-12-6-4-5-7-13(12)23)22(30)20(31-11)32-19-17(28)14(24-2)16(27)15(25-3)18(19)33-22/h4-7,11,14-20,24-30H,8-10H2,1-3H3/t11-,14-,15+,16+,17+,18-,19-,20+,21-,22-/m1/s1. The van der Waals surface area contributed by atoms with Gasteiger partial charge >= 0.3 is 0 Å². The Labute approximate surface area is 198 Å². The van der Waals surface area contributed by atoms with E-state index in [0.29, 0.717) is 11.6 Å². The third kappa shape index (κ3) is 4.32. The number of halogens is 1. The van der Waals surface area contributed by atoms with Crippen molar-refractivity contribution in [2.24, 2.45) is 0 Å². The first kappa shape index (κ1) is 25.2. The van der Waals surface area contributed by atoms with Crippen molar-refractivity contribution in [3.63, 3.8) is 0 Å². The Balaban J connectivity index is 1.57. The summed E-state index contributed by atoms with van der Waals surface area (Å²) in [6, 6.07) is 5.99. The zero-order valence-corrected chi connectivity index (χ0v) is 19.7. The first-order valence-corrected chi connectivity index (χ1v) is 11.6. The van der Waals surface area contributed by atoms with Crippen LogP contribution < -0.4 is 16.0 Å². The fourth-order valence-corrected chi connectivity index (χ4v) is 5.48. The van der Waals surface area contributed by atoms with Crippen molar-refractivity contribution in [3.05, 3.63) is 34.9 Å². The van der Waals surface area contributed by atoms with Gasteiger partial charge in [0, 0.05) is 24.5 Å². The predicted octanol–water partition coefficient (Wildman–Crippen LogP) is -1.32. The highest BCUT2D eigenvalue weighted by Crippen LogP contribution is 2.46. The van der Waals surface area contributed by atoms with Crippen LogP contribution in [0.4, 0.5) is 0 Å². The molecule has 0 amide bonds. The zero-order chi connectivity index (χ0) is 24.0. The zero-order valence-electron chi connectivity index (χ0n) is 18.9. The van der Waals surface area contributed by atoms with Gasteiger partial charge in [0.15, 0.2) is 0 Å². The van der Waals surface area contributed by atoms with Crippen molar-refractivity contribution in [3.8, 4) is 0 Å². The first-order chi connectivity index (χ1) is 15.6. The third-order valence-corrected chi connectivity index (χ3v) is 7.41. The molecule has 2 saturated heterocycles. The van der Waals surface area contributed by atoms with Gasteiger partial charge in [0.2, 0.25) is 12.1 Å². The van der Waals surface area contributed by atoms with Gasteiger partial charge in [0.1, 0.15) is 23.9 Å². The normalized spacial score (nSPS) is 45.3. The van der Waals surface area contributed by atoms with E-state index in [0.717, 1.165) is 5.56 Å². The van der Waals surface area contributed by atoms with Crippen molar-refractivity contribution in [1.82, 2.24) is 16.0 Å². The average molecular weight is 488 g/mol. The summed E-state index contributed by atoms with van der Waals surface area (Å²) in [5.74, 6) is -2.24. The summed E-state index contributed by atoms with van der Waals surface area (Å²) in [4.78, 5) is 0. The maximum absolute atomic E-state index is 11.6. The van der Waals surface area contributed by atoms with E-state index >= 15 is 0 Å². The molecule has 0 aromatic heterocycles. The third-order valence-electron chi connectivity index (χ3n) is 7.04. The highest BCUT2D eigenvalue weighted by atomic mass is 35.5. The molecule has 2 heterocycles. The number of rotatable bonds is 6. The van der Waals surface area contributed by atoms with Crippen LogP contribution in [0.5, 0.6) is 0 Å². The lowest BCUT2D eigenvalue weighted by Crippen LogP contribution is -2.81. The van der Waals surface area contributed by atoms with Crippen molar-refractivity contribution in [2.75, 3.05) is 20.6 Å². The largest absolute Gasteiger partial charge is 0.390 e. The number of hydrogen-bond acceptors (Lipinski definition) is 10. The molecule has 3 aliphatic rings. The van der Waals surface area contributed by atoms with Gasteiger partial charge in [-0.05, 0) is 32.6 Å². The highest BCUT2D eigenvalue weighted by Gasteiger charge is 2.68. The molecule has 1 aromatic rings. The van der Waals surface area contributed by atoms with Gasteiger partial charge in [0.25, 0.3) is 0 Å². The van der Waals surface area contributed by atoms with Crippen LogP contribution in [0.25, 0.3) is 0 Å². The molecule has 2 aliphatic heterocycles. The summed E-state index contributed by atoms with van der Waals surface area (Å²) in [6.07, 6.45) is -5.72. The van der Waals surface area contributed by atoms with E-state index in [4.69, 9.17) is 25.8 Å². The number of aliphatic hydroxyl groups excluding tert-OH is 2. The van der Waals surface area contributed by atoms with E-state index < -0.39 is 60.3 Å². The second kappa shape index (κ2) is 9.63. The lowest BCUT2D eigenvalue weighted by Gasteiger charge is -2.60. The van der Waals surface area contributed by atoms with Crippen LogP contribution in [0.1, 0.15) is 18.9 Å². The van der Waals surface area contributed by atoms with Gasteiger partial charge < -0.3 is 50.6 Å². The fraction of sp³-hybridized carbons (Fsp3) is 0.727. The van der Waals surface area contributed by atoms with E-state index in [-0.39, 0.29) is 13.0 Å². The molecule has 33 heavy (non-hydrogen) atoms. The molecule has 0 radical (unpaired) electrons. The molecule has 186 valence electrons. The summed E-state index contributed by atoms with van der Waals surface area (Å²) >= 11 is 6.23. The molecule has 10 atom stereocenters. The predicted molar refractivity (Wildman–Crippen MR) is 119 cm³/mol. The minimum absolute atomic E-state index is 0.0336. The van der Waals surface area contributed by atoms with Crippen molar-refractivity contribution in [2.45, 2.75) is 80.2 Å². The summed E-state index contributed by atoms with van der Waals surface area (Å²) in [5, 5.41) is 54.5. The van der Waals surface area contributed by atoms with Crippen LogP contribution in [0.2, 0.25) is 5.02 Å². The molecule has 4 rings (SSSR count). The van der Waals surface area contributed by atoms with Crippen molar-refractivity contribution >= 4 is 11.6 Å². The second-order valence-electron chi connectivity index (χ2n) is 9.20. The molecular formula is C22H34ClN3O7. The summed E-state index contributed by atoms with van der Waals surface area (Å²) in [5.41, 5.74) is -0.936. The Hall–Kier alpha value is -0.890. The minimum atomic E-state index is -2.24. The Morgan fingerprint density at radius 2 is 1.73 bits per heavy atom. The molecule has 10 nitrogen and oxygen atoms in total. The highest BCUT2D eigenvalue weighted by molar-refractivity contribution is 6.31. The van der Waals surface area contributed by atoms with Crippen LogP contribution in [-0.2, 0) is 20.8 Å². The molecule has 1 aromatic carbocycles. The van der Waals surface area contributed by atoms with Gasteiger partial charge in [-0.2, -0.15) is 0 Å². The molecule has 0 bridgehead atoms. The maximum atomic E-state index is 11.6. The van der Waals surface area contributed by atoms with Gasteiger partial charge in [-0.25, -0.2) is 0 Å². The molecule has 3 fully saturated rings. The summed E-state index contributed by atoms with van der Waals surface area (Å²) in [7, 11) is 3.28.